The van der Waals surface area contributed by atoms with E-state index in [9.17, 15) is 4.39 Å². The highest BCUT2D eigenvalue weighted by atomic mass is 32.2. The molecular formula is C14H18FNS. The second-order valence-corrected chi connectivity index (χ2v) is 4.80. The third kappa shape index (κ3) is 4.80. The molecule has 1 N–H and O–H groups in total. The van der Waals surface area contributed by atoms with Gasteiger partial charge in [0.1, 0.15) is 5.82 Å². The number of thioether (sulfide) groups is 1. The van der Waals surface area contributed by atoms with Crippen LogP contribution in [-0.4, -0.2) is 18.1 Å². The van der Waals surface area contributed by atoms with E-state index in [2.05, 4.69) is 18.2 Å². The van der Waals surface area contributed by atoms with E-state index in [1.807, 2.05) is 12.1 Å². The minimum absolute atomic E-state index is 0.0858. The van der Waals surface area contributed by atoms with Crippen LogP contribution in [0.3, 0.4) is 0 Å². The van der Waals surface area contributed by atoms with Gasteiger partial charge in [-0.3, -0.25) is 0 Å². The zero-order valence-corrected chi connectivity index (χ0v) is 10.9. The highest BCUT2D eigenvalue weighted by molar-refractivity contribution is 7.99. The fourth-order valence-electron chi connectivity index (χ4n) is 1.67. The standard InChI is InChI=1S/C14H18FNS/c1-3-10-17-11-9-16-14(4-2)12-7-5-6-8-13(12)15/h1,5-8,14,16H,4,9-11H2,2H3. The smallest absolute Gasteiger partial charge is 0.127 e. The fourth-order valence-corrected chi connectivity index (χ4v) is 2.19. The van der Waals surface area contributed by atoms with Gasteiger partial charge in [-0.15, -0.1) is 18.2 Å². The number of hydrogen-bond acceptors (Lipinski definition) is 2. The second-order valence-electron chi connectivity index (χ2n) is 3.69. The Hall–Kier alpha value is -0.980. The van der Waals surface area contributed by atoms with Crippen molar-refractivity contribution in [1.82, 2.24) is 5.32 Å². The molecule has 0 spiro atoms. The summed E-state index contributed by atoms with van der Waals surface area (Å²) in [6.45, 7) is 2.90. The zero-order valence-electron chi connectivity index (χ0n) is 10.1. The molecule has 0 saturated heterocycles. The van der Waals surface area contributed by atoms with Crippen LogP contribution in [-0.2, 0) is 0 Å². The molecule has 17 heavy (non-hydrogen) atoms. The lowest BCUT2D eigenvalue weighted by atomic mass is 10.0. The number of terminal acetylenes is 1. The lowest BCUT2D eigenvalue weighted by Crippen LogP contribution is -2.24. The van der Waals surface area contributed by atoms with Crippen LogP contribution in [0.4, 0.5) is 4.39 Å². The third-order valence-electron chi connectivity index (χ3n) is 2.51. The molecule has 0 aliphatic heterocycles. The topological polar surface area (TPSA) is 12.0 Å². The van der Waals surface area contributed by atoms with Crippen LogP contribution >= 0.6 is 11.8 Å². The Morgan fingerprint density at radius 1 is 1.47 bits per heavy atom. The van der Waals surface area contributed by atoms with Crippen LogP contribution in [0.1, 0.15) is 24.9 Å². The van der Waals surface area contributed by atoms with Gasteiger partial charge in [0, 0.05) is 23.9 Å². The zero-order chi connectivity index (χ0) is 12.5. The maximum absolute atomic E-state index is 13.6. The van der Waals surface area contributed by atoms with Gasteiger partial charge in [-0.2, -0.15) is 0 Å². The fraction of sp³-hybridized carbons (Fsp3) is 0.429. The summed E-state index contributed by atoms with van der Waals surface area (Å²) in [6, 6.07) is 7.02. The quantitative estimate of drug-likeness (QED) is 0.590. The van der Waals surface area contributed by atoms with Crippen molar-refractivity contribution < 1.29 is 4.39 Å². The molecule has 0 aromatic heterocycles. The average molecular weight is 251 g/mol. The summed E-state index contributed by atoms with van der Waals surface area (Å²) < 4.78 is 13.6. The van der Waals surface area contributed by atoms with Crippen molar-refractivity contribution in [3.63, 3.8) is 0 Å². The molecular weight excluding hydrogens is 233 g/mol. The van der Waals surface area contributed by atoms with Gasteiger partial charge in [0.05, 0.1) is 5.75 Å². The van der Waals surface area contributed by atoms with E-state index in [0.717, 1.165) is 30.0 Å². The van der Waals surface area contributed by atoms with Crippen LogP contribution in [0.25, 0.3) is 0 Å². The largest absolute Gasteiger partial charge is 0.309 e. The van der Waals surface area contributed by atoms with Gasteiger partial charge in [-0.25, -0.2) is 4.39 Å². The first-order valence-electron chi connectivity index (χ1n) is 5.78. The predicted octanol–water partition coefficient (Wildman–Crippen LogP) is 3.23. The molecule has 0 aliphatic carbocycles. The lowest BCUT2D eigenvalue weighted by Gasteiger charge is -2.17. The monoisotopic (exact) mass is 251 g/mol. The van der Waals surface area contributed by atoms with Gasteiger partial charge in [0.25, 0.3) is 0 Å². The van der Waals surface area contributed by atoms with Crippen molar-refractivity contribution in [3.05, 3.63) is 35.6 Å². The van der Waals surface area contributed by atoms with Crippen LogP contribution in [0, 0.1) is 18.2 Å². The number of halogens is 1. The van der Waals surface area contributed by atoms with Gasteiger partial charge in [0.15, 0.2) is 0 Å². The minimum atomic E-state index is -0.136. The maximum Gasteiger partial charge on any atom is 0.127 e. The van der Waals surface area contributed by atoms with Crippen molar-refractivity contribution >= 4 is 11.8 Å². The van der Waals surface area contributed by atoms with E-state index >= 15 is 0 Å². The first-order chi connectivity index (χ1) is 8.29. The Balaban J connectivity index is 2.44. The number of nitrogens with one attached hydrogen (secondary N) is 1. The van der Waals surface area contributed by atoms with Gasteiger partial charge < -0.3 is 5.32 Å². The first-order valence-corrected chi connectivity index (χ1v) is 6.94. The Morgan fingerprint density at radius 2 is 2.24 bits per heavy atom. The van der Waals surface area contributed by atoms with Crippen molar-refractivity contribution in [2.75, 3.05) is 18.1 Å². The summed E-state index contributed by atoms with van der Waals surface area (Å²) in [5.74, 6) is 4.14. The molecule has 1 aromatic carbocycles. The Labute approximate surface area is 107 Å². The Bertz CT molecular complexity index is 373. The Kier molecular flexibility index (Phi) is 6.76. The number of benzene rings is 1. The molecule has 0 amide bonds. The van der Waals surface area contributed by atoms with Crippen molar-refractivity contribution in [3.8, 4) is 12.3 Å². The highest BCUT2D eigenvalue weighted by Crippen LogP contribution is 2.19. The van der Waals surface area contributed by atoms with E-state index in [1.54, 1.807) is 17.8 Å². The average Bonchev–Trinajstić information content (AvgIpc) is 2.35. The summed E-state index contributed by atoms with van der Waals surface area (Å²) in [7, 11) is 0. The summed E-state index contributed by atoms with van der Waals surface area (Å²) in [6.07, 6.45) is 6.04. The molecule has 1 aromatic rings. The second kappa shape index (κ2) is 8.16. The van der Waals surface area contributed by atoms with Gasteiger partial charge in [-0.05, 0) is 12.5 Å². The van der Waals surface area contributed by atoms with Crippen LogP contribution in [0.2, 0.25) is 0 Å². The van der Waals surface area contributed by atoms with Gasteiger partial charge in [-0.1, -0.05) is 31.0 Å². The minimum Gasteiger partial charge on any atom is -0.309 e. The maximum atomic E-state index is 13.6. The summed E-state index contributed by atoms with van der Waals surface area (Å²) in [4.78, 5) is 0. The molecule has 1 nitrogen and oxygen atoms in total. The van der Waals surface area contributed by atoms with E-state index in [1.165, 1.54) is 6.07 Å². The van der Waals surface area contributed by atoms with Crippen LogP contribution in [0.5, 0.6) is 0 Å². The van der Waals surface area contributed by atoms with E-state index in [4.69, 9.17) is 6.42 Å². The molecule has 3 heteroatoms. The molecule has 0 aliphatic rings. The first kappa shape index (κ1) is 14.1. The SMILES string of the molecule is C#CCSCCNC(CC)c1ccccc1F. The van der Waals surface area contributed by atoms with Crippen molar-refractivity contribution in [2.45, 2.75) is 19.4 Å². The lowest BCUT2D eigenvalue weighted by molar-refractivity contribution is 0.503. The van der Waals surface area contributed by atoms with Crippen molar-refractivity contribution in [2.24, 2.45) is 0 Å². The van der Waals surface area contributed by atoms with Gasteiger partial charge >= 0.3 is 0 Å². The molecule has 0 bridgehead atoms. The number of hydrogen-bond donors (Lipinski definition) is 1. The third-order valence-corrected chi connectivity index (χ3v) is 3.38. The summed E-state index contributed by atoms with van der Waals surface area (Å²) in [5, 5.41) is 3.36. The summed E-state index contributed by atoms with van der Waals surface area (Å²) in [5.41, 5.74) is 0.747. The molecule has 0 radical (unpaired) electrons. The van der Waals surface area contributed by atoms with E-state index in [-0.39, 0.29) is 11.9 Å². The van der Waals surface area contributed by atoms with Crippen LogP contribution < -0.4 is 5.32 Å². The molecule has 0 saturated carbocycles. The normalized spacial score (nSPS) is 12.1. The van der Waals surface area contributed by atoms with Gasteiger partial charge in [0.2, 0.25) is 0 Å². The molecule has 1 atom stereocenters. The van der Waals surface area contributed by atoms with Crippen LogP contribution in [0.15, 0.2) is 24.3 Å². The van der Waals surface area contributed by atoms with E-state index in [0.29, 0.717) is 0 Å². The molecule has 1 unspecified atom stereocenters. The molecule has 92 valence electrons. The predicted molar refractivity (Wildman–Crippen MR) is 73.6 cm³/mol. The molecule has 1 rings (SSSR count). The Morgan fingerprint density at radius 3 is 2.88 bits per heavy atom. The van der Waals surface area contributed by atoms with E-state index < -0.39 is 0 Å². The molecule has 0 fully saturated rings. The van der Waals surface area contributed by atoms with Crippen molar-refractivity contribution in [1.29, 1.82) is 0 Å². The highest BCUT2D eigenvalue weighted by Gasteiger charge is 2.11. The number of rotatable bonds is 7. The summed E-state index contributed by atoms with van der Waals surface area (Å²) >= 11 is 1.71. The molecule has 0 heterocycles.